The number of hydrogen-bond acceptors (Lipinski definition) is 3. The third-order valence-corrected chi connectivity index (χ3v) is 2.49. The van der Waals surface area contributed by atoms with Crippen molar-refractivity contribution in [2.24, 2.45) is 5.92 Å². The van der Waals surface area contributed by atoms with Gasteiger partial charge in [-0.3, -0.25) is 4.79 Å². The second-order valence-electron chi connectivity index (χ2n) is 4.65. The van der Waals surface area contributed by atoms with Gasteiger partial charge in [0.2, 0.25) is 0 Å². The molecule has 0 spiro atoms. The molecule has 5 heteroatoms. The highest BCUT2D eigenvalue weighted by molar-refractivity contribution is 5.36. The van der Waals surface area contributed by atoms with E-state index in [-0.39, 0.29) is 7.43 Å². The van der Waals surface area contributed by atoms with Crippen LogP contribution in [0.2, 0.25) is 0 Å². The summed E-state index contributed by atoms with van der Waals surface area (Å²) in [6.07, 6.45) is 3.74. The topological polar surface area (TPSA) is 38.3 Å². The first-order valence-corrected chi connectivity index (χ1v) is 6.72. The van der Waals surface area contributed by atoms with E-state index < -0.39 is 6.08 Å². The van der Waals surface area contributed by atoms with Crippen LogP contribution in [0.3, 0.4) is 0 Å². The van der Waals surface area contributed by atoms with Gasteiger partial charge in [-0.2, -0.15) is 8.78 Å². The summed E-state index contributed by atoms with van der Waals surface area (Å²) < 4.78 is 24.4. The molecule has 1 rings (SSSR count). The van der Waals surface area contributed by atoms with Gasteiger partial charge in [0, 0.05) is 6.04 Å². The molecule has 1 saturated heterocycles. The van der Waals surface area contributed by atoms with E-state index in [2.05, 4.69) is 30.5 Å². The quantitative estimate of drug-likeness (QED) is 0.765. The molecule has 122 valence electrons. The summed E-state index contributed by atoms with van der Waals surface area (Å²) in [6, 6.07) is 0.849. The lowest BCUT2D eigenvalue weighted by Gasteiger charge is -2.10. The average molecular weight is 295 g/mol. The van der Waals surface area contributed by atoms with Crippen molar-refractivity contribution >= 4 is 6.47 Å². The maximum Gasteiger partial charge on any atom is 0.293 e. The molecule has 20 heavy (non-hydrogen) atoms. The van der Waals surface area contributed by atoms with E-state index in [9.17, 15) is 13.6 Å². The standard InChI is InChI=1S/C9H19N.C3H6O2.C2H2F2.CH4/c1-8(2)5-6-9-4-3-7-10-9;1-2-5-3-4;1-2(3)4;/h8-10H,3-7H2,1-2H3;3H,2H2,1H3;1H2;1H4. The Kier molecular flexibility index (Phi) is 21.7. The van der Waals surface area contributed by atoms with Crippen LogP contribution >= 0.6 is 0 Å². The summed E-state index contributed by atoms with van der Waals surface area (Å²) in [4.78, 5) is 9.18. The van der Waals surface area contributed by atoms with Crippen LogP contribution in [-0.4, -0.2) is 25.7 Å². The van der Waals surface area contributed by atoms with E-state index >= 15 is 0 Å². The van der Waals surface area contributed by atoms with Crippen LogP contribution in [0.4, 0.5) is 8.78 Å². The normalized spacial score (nSPS) is 16.0. The number of rotatable bonds is 5. The summed E-state index contributed by atoms with van der Waals surface area (Å²) in [6.45, 7) is 10.7. The Morgan fingerprint density at radius 3 is 2.30 bits per heavy atom. The number of halogens is 2. The molecule has 1 atom stereocenters. The molecule has 3 nitrogen and oxygen atoms in total. The molecule has 1 aliphatic rings. The molecule has 0 radical (unpaired) electrons. The van der Waals surface area contributed by atoms with Crippen molar-refractivity contribution < 1.29 is 18.3 Å². The van der Waals surface area contributed by atoms with Gasteiger partial charge >= 0.3 is 0 Å². The van der Waals surface area contributed by atoms with Gasteiger partial charge in [0.05, 0.1) is 6.61 Å². The van der Waals surface area contributed by atoms with Gasteiger partial charge in [-0.15, -0.1) is 0 Å². The van der Waals surface area contributed by atoms with Crippen molar-refractivity contribution in [3.63, 3.8) is 0 Å². The third-order valence-electron chi connectivity index (χ3n) is 2.49. The fraction of sp³-hybridized carbons (Fsp3) is 0.800. The van der Waals surface area contributed by atoms with Gasteiger partial charge in [0.1, 0.15) is 0 Å². The molecule has 1 unspecified atom stereocenters. The maximum atomic E-state index is 10.1. The highest BCUT2D eigenvalue weighted by atomic mass is 19.3. The minimum absolute atomic E-state index is 0. The van der Waals surface area contributed by atoms with Crippen molar-refractivity contribution in [1.82, 2.24) is 5.32 Å². The zero-order valence-corrected chi connectivity index (χ0v) is 12.3. The minimum Gasteiger partial charge on any atom is -0.468 e. The Labute approximate surface area is 122 Å². The predicted molar refractivity (Wildman–Crippen MR) is 80.9 cm³/mol. The Hall–Kier alpha value is -0.970. The van der Waals surface area contributed by atoms with Crippen LogP contribution in [0.15, 0.2) is 12.7 Å². The van der Waals surface area contributed by atoms with Gasteiger partial charge in [-0.1, -0.05) is 21.3 Å². The van der Waals surface area contributed by atoms with Crippen molar-refractivity contribution in [2.45, 2.75) is 59.9 Å². The van der Waals surface area contributed by atoms with Crippen molar-refractivity contribution in [2.75, 3.05) is 13.2 Å². The van der Waals surface area contributed by atoms with Gasteiger partial charge < -0.3 is 10.1 Å². The molecule has 1 fully saturated rings. The summed E-state index contributed by atoms with van der Waals surface area (Å²) in [7, 11) is 0. The molecule has 0 amide bonds. The van der Waals surface area contributed by atoms with Crippen molar-refractivity contribution in [3.8, 4) is 0 Å². The van der Waals surface area contributed by atoms with Crippen LogP contribution < -0.4 is 5.32 Å². The molecule has 1 aliphatic heterocycles. The Morgan fingerprint density at radius 2 is 2.05 bits per heavy atom. The van der Waals surface area contributed by atoms with Crippen LogP contribution in [0, 0.1) is 5.92 Å². The molecule has 1 heterocycles. The summed E-state index contributed by atoms with van der Waals surface area (Å²) >= 11 is 0. The van der Waals surface area contributed by atoms with Crippen LogP contribution in [-0.2, 0) is 9.53 Å². The van der Waals surface area contributed by atoms with Gasteiger partial charge in [-0.05, 0) is 51.6 Å². The Bertz CT molecular complexity index is 214. The first-order valence-electron chi connectivity index (χ1n) is 6.72. The van der Waals surface area contributed by atoms with Crippen molar-refractivity contribution in [3.05, 3.63) is 12.7 Å². The molecule has 0 saturated carbocycles. The Balaban J connectivity index is -0.000000247. The van der Waals surface area contributed by atoms with Crippen molar-refractivity contribution in [1.29, 1.82) is 0 Å². The van der Waals surface area contributed by atoms with E-state index in [1.165, 1.54) is 32.2 Å². The molecule has 0 aromatic heterocycles. The van der Waals surface area contributed by atoms with E-state index in [1.54, 1.807) is 6.92 Å². The monoisotopic (exact) mass is 295 g/mol. The molecular weight excluding hydrogens is 264 g/mol. The lowest BCUT2D eigenvalue weighted by atomic mass is 10.0. The summed E-state index contributed by atoms with van der Waals surface area (Å²) in [5, 5.41) is 3.51. The highest BCUT2D eigenvalue weighted by Crippen LogP contribution is 2.13. The molecule has 0 bridgehead atoms. The first kappa shape index (κ1) is 24.1. The number of ether oxygens (including phenoxy) is 1. The fourth-order valence-corrected chi connectivity index (χ4v) is 1.61. The average Bonchev–Trinajstić information content (AvgIpc) is 2.80. The Morgan fingerprint density at radius 1 is 1.50 bits per heavy atom. The first-order chi connectivity index (χ1) is 8.93. The van der Waals surface area contributed by atoms with E-state index in [1.807, 2.05) is 0 Å². The molecule has 0 aromatic rings. The van der Waals surface area contributed by atoms with Crippen LogP contribution in [0.25, 0.3) is 0 Å². The van der Waals surface area contributed by atoms with E-state index in [0.717, 1.165) is 12.0 Å². The van der Waals surface area contributed by atoms with Gasteiger partial charge in [-0.25, -0.2) is 0 Å². The third kappa shape index (κ3) is 25.8. The fourth-order valence-electron chi connectivity index (χ4n) is 1.61. The van der Waals surface area contributed by atoms with Gasteiger partial charge in [0.25, 0.3) is 12.6 Å². The zero-order valence-electron chi connectivity index (χ0n) is 12.3. The predicted octanol–water partition coefficient (Wildman–Crippen LogP) is 4.39. The van der Waals surface area contributed by atoms with E-state index in [0.29, 0.717) is 13.1 Å². The molecule has 0 aliphatic carbocycles. The zero-order chi connectivity index (χ0) is 15.1. The lowest BCUT2D eigenvalue weighted by Crippen LogP contribution is -2.21. The largest absolute Gasteiger partial charge is 0.468 e. The SMILES string of the molecule is C.C=C(F)F.CC(C)CCC1CCCN1.CCOC=O. The molecule has 0 aromatic carbocycles. The summed E-state index contributed by atoms with van der Waals surface area (Å²) in [5.74, 6) is 0.877. The molecule has 1 N–H and O–H groups in total. The second-order valence-corrected chi connectivity index (χ2v) is 4.65. The lowest BCUT2D eigenvalue weighted by molar-refractivity contribution is -0.128. The van der Waals surface area contributed by atoms with Crippen LogP contribution in [0.1, 0.15) is 53.9 Å². The number of hydrogen-bond donors (Lipinski definition) is 1. The van der Waals surface area contributed by atoms with Crippen LogP contribution in [0.5, 0.6) is 0 Å². The van der Waals surface area contributed by atoms with E-state index in [4.69, 9.17) is 0 Å². The highest BCUT2D eigenvalue weighted by Gasteiger charge is 2.13. The molecular formula is C15H31F2NO2. The van der Waals surface area contributed by atoms with Gasteiger partial charge in [0.15, 0.2) is 0 Å². The second kappa shape index (κ2) is 18.0. The number of carbonyl (C=O) groups is 1. The smallest absolute Gasteiger partial charge is 0.293 e. The maximum absolute atomic E-state index is 10.1. The number of nitrogens with one attached hydrogen (secondary N) is 1. The summed E-state index contributed by atoms with van der Waals surface area (Å²) in [5.41, 5.74) is 0. The minimum atomic E-state index is -1.83. The number of carbonyl (C=O) groups excluding carboxylic acids is 1.